The molecule has 0 saturated heterocycles. The van der Waals surface area contributed by atoms with Crippen LogP contribution >= 0.6 is 0 Å². The van der Waals surface area contributed by atoms with Crippen molar-refractivity contribution in [2.24, 2.45) is 0 Å². The average Bonchev–Trinajstić information content (AvgIpc) is 3.37. The number of aromatic hydroxyl groups is 1. The predicted molar refractivity (Wildman–Crippen MR) is 111 cm³/mol. The normalized spacial score (nSPS) is 11.2. The predicted octanol–water partition coefficient (Wildman–Crippen LogP) is 3.50. The third kappa shape index (κ3) is 3.04. The number of nitrogens with one attached hydrogen (secondary N) is 1. The molecular formula is C22H17N5O3. The minimum absolute atomic E-state index is 0.0528. The summed E-state index contributed by atoms with van der Waals surface area (Å²) in [6.07, 6.45) is 1.50. The summed E-state index contributed by atoms with van der Waals surface area (Å²) in [6, 6.07) is 17.3. The molecule has 8 nitrogen and oxygen atoms in total. The van der Waals surface area contributed by atoms with Gasteiger partial charge in [-0.1, -0.05) is 59.3 Å². The van der Waals surface area contributed by atoms with Crippen LogP contribution in [0.4, 0.5) is 0 Å². The van der Waals surface area contributed by atoms with E-state index >= 15 is 0 Å². The Kier molecular flexibility index (Phi) is 4.17. The van der Waals surface area contributed by atoms with Gasteiger partial charge in [0.2, 0.25) is 5.82 Å². The molecule has 0 unspecified atom stereocenters. The van der Waals surface area contributed by atoms with Gasteiger partial charge < -0.3 is 14.6 Å². The van der Waals surface area contributed by atoms with Crippen molar-refractivity contribution in [2.45, 2.75) is 13.5 Å². The van der Waals surface area contributed by atoms with E-state index < -0.39 is 5.56 Å². The molecule has 0 atom stereocenters. The zero-order valence-corrected chi connectivity index (χ0v) is 16.0. The van der Waals surface area contributed by atoms with Gasteiger partial charge >= 0.3 is 0 Å². The number of H-pyrrole nitrogens is 1. The minimum Gasteiger partial charge on any atom is -0.506 e. The standard InChI is InChI=1S/C22H17N5O3/c1-13-6-5-9-15(10-13)19-24-22(30-26-19)17-18(28)16-11-23-27(20(16)25-21(17)29)12-14-7-3-2-4-8-14/h2-11H,12H2,1H3,(H2,25,28,29). The fourth-order valence-corrected chi connectivity index (χ4v) is 3.40. The number of aryl methyl sites for hydroxylation is 1. The summed E-state index contributed by atoms with van der Waals surface area (Å²) in [5.41, 5.74) is 2.64. The lowest BCUT2D eigenvalue weighted by molar-refractivity contribution is 0.426. The highest BCUT2D eigenvalue weighted by molar-refractivity contribution is 5.88. The third-order valence-corrected chi connectivity index (χ3v) is 4.88. The van der Waals surface area contributed by atoms with Gasteiger partial charge in [-0.15, -0.1) is 0 Å². The number of benzene rings is 2. The van der Waals surface area contributed by atoms with Crippen LogP contribution in [0.15, 0.2) is 70.1 Å². The van der Waals surface area contributed by atoms with Crippen LogP contribution in [0.25, 0.3) is 33.9 Å². The lowest BCUT2D eigenvalue weighted by atomic mass is 10.1. The number of aromatic amines is 1. The second-order valence-electron chi connectivity index (χ2n) is 7.02. The van der Waals surface area contributed by atoms with Crippen LogP contribution in [0.2, 0.25) is 0 Å². The van der Waals surface area contributed by atoms with Crippen molar-refractivity contribution in [1.29, 1.82) is 0 Å². The van der Waals surface area contributed by atoms with E-state index in [4.69, 9.17) is 4.52 Å². The monoisotopic (exact) mass is 399 g/mol. The number of hydrogen-bond donors (Lipinski definition) is 2. The molecular weight excluding hydrogens is 382 g/mol. The minimum atomic E-state index is -0.533. The Bertz CT molecular complexity index is 1420. The molecule has 0 aliphatic heterocycles. The van der Waals surface area contributed by atoms with E-state index in [1.165, 1.54) is 6.20 Å². The topological polar surface area (TPSA) is 110 Å². The van der Waals surface area contributed by atoms with Gasteiger partial charge in [-0.25, -0.2) is 4.68 Å². The second-order valence-corrected chi connectivity index (χ2v) is 7.02. The molecule has 0 fully saturated rings. The van der Waals surface area contributed by atoms with Crippen molar-refractivity contribution >= 4 is 11.0 Å². The first-order valence-corrected chi connectivity index (χ1v) is 9.36. The van der Waals surface area contributed by atoms with Gasteiger partial charge in [0, 0.05) is 5.56 Å². The molecule has 3 heterocycles. The van der Waals surface area contributed by atoms with Crippen molar-refractivity contribution in [2.75, 3.05) is 0 Å². The fourth-order valence-electron chi connectivity index (χ4n) is 3.40. The Morgan fingerprint density at radius 1 is 1.13 bits per heavy atom. The SMILES string of the molecule is Cc1cccc(-c2noc(-c3c(O)c4cnn(Cc5ccccc5)c4[nH]c3=O)n2)c1. The highest BCUT2D eigenvalue weighted by Gasteiger charge is 2.22. The lowest BCUT2D eigenvalue weighted by Gasteiger charge is -2.05. The van der Waals surface area contributed by atoms with Crippen molar-refractivity contribution in [3.63, 3.8) is 0 Å². The maximum Gasteiger partial charge on any atom is 0.267 e. The molecule has 0 aliphatic rings. The molecule has 30 heavy (non-hydrogen) atoms. The largest absolute Gasteiger partial charge is 0.506 e. The van der Waals surface area contributed by atoms with E-state index in [-0.39, 0.29) is 17.2 Å². The molecule has 5 rings (SSSR count). The molecule has 0 radical (unpaired) electrons. The molecule has 8 heteroatoms. The number of pyridine rings is 1. The van der Waals surface area contributed by atoms with Gasteiger partial charge in [0.05, 0.1) is 18.1 Å². The molecule has 0 bridgehead atoms. The molecule has 0 saturated carbocycles. The highest BCUT2D eigenvalue weighted by atomic mass is 16.5. The summed E-state index contributed by atoms with van der Waals surface area (Å²) in [7, 11) is 0. The Morgan fingerprint density at radius 2 is 1.97 bits per heavy atom. The number of hydrogen-bond acceptors (Lipinski definition) is 6. The Labute approximate surface area is 170 Å². The van der Waals surface area contributed by atoms with Gasteiger partial charge in [-0.3, -0.25) is 4.79 Å². The molecule has 2 N–H and O–H groups in total. The molecule has 2 aromatic carbocycles. The van der Waals surface area contributed by atoms with Crippen LogP contribution in [0.3, 0.4) is 0 Å². The zero-order chi connectivity index (χ0) is 20.7. The summed E-state index contributed by atoms with van der Waals surface area (Å²) in [4.78, 5) is 19.9. The van der Waals surface area contributed by atoms with Gasteiger partial charge in [0.25, 0.3) is 11.4 Å². The second kappa shape index (κ2) is 7.00. The summed E-state index contributed by atoms with van der Waals surface area (Å²) in [5, 5.41) is 19.5. The maximum absolute atomic E-state index is 12.8. The van der Waals surface area contributed by atoms with Crippen LogP contribution in [-0.2, 0) is 6.54 Å². The van der Waals surface area contributed by atoms with E-state index in [1.807, 2.05) is 61.5 Å². The van der Waals surface area contributed by atoms with Gasteiger partial charge in [-0.05, 0) is 18.6 Å². The number of aromatic nitrogens is 5. The molecule has 5 aromatic rings. The highest BCUT2D eigenvalue weighted by Crippen LogP contribution is 2.32. The van der Waals surface area contributed by atoms with E-state index in [9.17, 15) is 9.90 Å². The van der Waals surface area contributed by atoms with Crippen LogP contribution in [0.5, 0.6) is 5.75 Å². The van der Waals surface area contributed by atoms with Gasteiger partial charge in [0.15, 0.2) is 0 Å². The number of fused-ring (bicyclic) bond motifs is 1. The first-order chi connectivity index (χ1) is 14.6. The maximum atomic E-state index is 12.8. The first kappa shape index (κ1) is 17.9. The molecule has 0 amide bonds. The summed E-state index contributed by atoms with van der Waals surface area (Å²) >= 11 is 0. The van der Waals surface area contributed by atoms with Crippen molar-refractivity contribution in [3.05, 3.63) is 82.3 Å². The lowest BCUT2D eigenvalue weighted by Crippen LogP contribution is -2.12. The van der Waals surface area contributed by atoms with Crippen LogP contribution < -0.4 is 5.56 Å². The van der Waals surface area contributed by atoms with Crippen LogP contribution in [0, 0.1) is 6.92 Å². The Balaban J connectivity index is 1.57. The molecule has 0 spiro atoms. The van der Waals surface area contributed by atoms with Crippen LogP contribution in [0.1, 0.15) is 11.1 Å². The van der Waals surface area contributed by atoms with E-state index in [0.29, 0.717) is 23.4 Å². The van der Waals surface area contributed by atoms with Crippen molar-refractivity contribution in [3.8, 4) is 28.6 Å². The van der Waals surface area contributed by atoms with Crippen molar-refractivity contribution in [1.82, 2.24) is 24.9 Å². The summed E-state index contributed by atoms with van der Waals surface area (Å²) < 4.78 is 6.92. The molecule has 0 aliphatic carbocycles. The number of rotatable bonds is 4. The van der Waals surface area contributed by atoms with Crippen molar-refractivity contribution < 1.29 is 9.63 Å². The average molecular weight is 399 g/mol. The molecule has 3 aromatic heterocycles. The third-order valence-electron chi connectivity index (χ3n) is 4.88. The first-order valence-electron chi connectivity index (χ1n) is 9.36. The smallest absolute Gasteiger partial charge is 0.267 e. The Hall–Kier alpha value is -4.20. The van der Waals surface area contributed by atoms with Crippen LogP contribution in [-0.4, -0.2) is 30.0 Å². The molecule has 148 valence electrons. The number of nitrogens with zero attached hydrogens (tertiary/aromatic N) is 4. The van der Waals surface area contributed by atoms with Gasteiger partial charge in [-0.2, -0.15) is 10.1 Å². The fraction of sp³-hybridized carbons (Fsp3) is 0.0909. The zero-order valence-electron chi connectivity index (χ0n) is 16.0. The van der Waals surface area contributed by atoms with Gasteiger partial charge in [0.1, 0.15) is 17.0 Å². The Morgan fingerprint density at radius 3 is 2.77 bits per heavy atom. The summed E-state index contributed by atoms with van der Waals surface area (Å²) in [5.74, 6) is 0.0443. The van der Waals surface area contributed by atoms with E-state index in [2.05, 4.69) is 20.2 Å². The van der Waals surface area contributed by atoms with E-state index in [0.717, 1.165) is 16.7 Å². The summed E-state index contributed by atoms with van der Waals surface area (Å²) in [6.45, 7) is 2.42. The van der Waals surface area contributed by atoms with E-state index in [1.54, 1.807) is 4.68 Å². The quantitative estimate of drug-likeness (QED) is 0.479.